The maximum atomic E-state index is 3.29. The number of rotatable bonds is 1. The van der Waals surface area contributed by atoms with E-state index in [1.165, 1.54) is 95.9 Å². The van der Waals surface area contributed by atoms with Crippen LogP contribution >= 0.6 is 0 Å². The van der Waals surface area contributed by atoms with Gasteiger partial charge in [-0.05, 0) is 36.1 Å². The molecule has 0 heterocycles. The van der Waals surface area contributed by atoms with Gasteiger partial charge in [-0.15, -0.1) is 46.7 Å². The second-order valence-corrected chi connectivity index (χ2v) is 13.9. The molecule has 0 saturated heterocycles. The Labute approximate surface area is 262 Å². The molecule has 0 aliphatic heterocycles. The van der Waals surface area contributed by atoms with Gasteiger partial charge in [-0.1, -0.05) is 82.9 Å². The van der Waals surface area contributed by atoms with Gasteiger partial charge in [0.25, 0.3) is 0 Å². The van der Waals surface area contributed by atoms with Crippen molar-refractivity contribution in [3.05, 3.63) is 124 Å². The van der Waals surface area contributed by atoms with Gasteiger partial charge in [0.1, 0.15) is 0 Å². The van der Waals surface area contributed by atoms with E-state index in [4.69, 9.17) is 0 Å². The van der Waals surface area contributed by atoms with Gasteiger partial charge >= 0.3 is 63.8 Å². The number of benzene rings is 3. The van der Waals surface area contributed by atoms with Crippen LogP contribution in [0.25, 0.3) is 32.7 Å². The second kappa shape index (κ2) is 11.1. The normalized spacial score (nSPS) is 19.2. The zero-order chi connectivity index (χ0) is 29.7. The first kappa shape index (κ1) is 29.7. The summed E-state index contributed by atoms with van der Waals surface area (Å²) in [5.41, 5.74) is 12.9. The molecule has 0 amide bonds. The van der Waals surface area contributed by atoms with E-state index in [9.17, 15) is 0 Å². The second-order valence-electron chi connectivity index (χ2n) is 13.2. The van der Waals surface area contributed by atoms with Crippen molar-refractivity contribution < 1.29 is 24.2 Å². The van der Waals surface area contributed by atoms with E-state index < -0.39 is 0 Å². The molecule has 1 atom stereocenters. The molecule has 3 aliphatic carbocycles. The first-order valence-electron chi connectivity index (χ1n) is 14.8. The van der Waals surface area contributed by atoms with Crippen LogP contribution in [-0.4, -0.2) is 3.71 Å². The van der Waals surface area contributed by atoms with Crippen LogP contribution in [0.3, 0.4) is 0 Å². The molecular weight excluding hydrogens is 572 g/mol. The molecule has 4 aromatic carbocycles. The number of allylic oxidation sites excluding steroid dienone is 8. The van der Waals surface area contributed by atoms with Crippen molar-refractivity contribution in [3.8, 4) is 0 Å². The van der Waals surface area contributed by atoms with Gasteiger partial charge in [-0.3, -0.25) is 6.08 Å². The molecule has 0 aromatic heterocycles. The van der Waals surface area contributed by atoms with Gasteiger partial charge in [-0.25, -0.2) is 11.1 Å². The van der Waals surface area contributed by atoms with E-state index in [2.05, 4.69) is 145 Å². The van der Waals surface area contributed by atoms with E-state index in [1.54, 1.807) is 0 Å². The van der Waals surface area contributed by atoms with Crippen LogP contribution in [0, 0.1) is 12.0 Å². The van der Waals surface area contributed by atoms with Crippen molar-refractivity contribution in [2.45, 2.75) is 73.1 Å². The SMILES string of the molecule is CC1=CC(C)(C)c2cc3[cH-]c4cc5c(cc4c3cc21)C(C)=CC5(C)C.CC1=[C-]C(C)C=C1C.[Zr+2]=[CH]c1ccccc1. The van der Waals surface area contributed by atoms with E-state index in [0.29, 0.717) is 5.92 Å². The van der Waals surface area contributed by atoms with Gasteiger partial charge in [-0.2, -0.15) is 6.08 Å². The average Bonchev–Trinajstić information content (AvgIpc) is 3.57. The molecular formula is C40H42Zr. The minimum absolute atomic E-state index is 0.139. The fourth-order valence-electron chi connectivity index (χ4n) is 6.76. The molecule has 1 unspecified atom stereocenters. The molecule has 7 rings (SSSR count). The Bertz CT molecular complexity index is 1670. The average molecular weight is 614 g/mol. The summed E-state index contributed by atoms with van der Waals surface area (Å²) in [6.07, 6.45) is 10.3. The Kier molecular flexibility index (Phi) is 8.08. The topological polar surface area (TPSA) is 0 Å². The number of hydrogen-bond acceptors (Lipinski definition) is 0. The molecule has 4 aromatic rings. The third-order valence-corrected chi connectivity index (χ3v) is 9.69. The summed E-state index contributed by atoms with van der Waals surface area (Å²) >= 11 is 1.46. The van der Waals surface area contributed by atoms with Gasteiger partial charge in [0, 0.05) is 10.8 Å². The van der Waals surface area contributed by atoms with Crippen molar-refractivity contribution in [3.63, 3.8) is 0 Å². The molecule has 0 fully saturated rings. The van der Waals surface area contributed by atoms with Gasteiger partial charge in [0.15, 0.2) is 0 Å². The van der Waals surface area contributed by atoms with Gasteiger partial charge in [0.2, 0.25) is 0 Å². The van der Waals surface area contributed by atoms with Crippen LogP contribution in [0.1, 0.15) is 90.1 Å². The summed E-state index contributed by atoms with van der Waals surface area (Å²) in [4.78, 5) is 0. The van der Waals surface area contributed by atoms with Crippen LogP contribution in [0.5, 0.6) is 0 Å². The molecule has 0 bridgehead atoms. The predicted molar refractivity (Wildman–Crippen MR) is 177 cm³/mol. The molecule has 0 N–H and O–H groups in total. The standard InChI is InChI=1S/C25H25.C8H11.C7H6.Zr/c1-14-12-24(3,4)22-8-16-7-17-9-23-19(15(2)13-25(23,5)6)11-21(17)20(16)10-18(14)22;1-6-4-7(2)8(3)5-6;1-7-5-3-2-4-6-7;/h7-13H,1-6H3;4,6H,1-3H3;1-6H;/q2*-1;;+2. The predicted octanol–water partition coefficient (Wildman–Crippen LogP) is 10.8. The van der Waals surface area contributed by atoms with Crippen molar-refractivity contribution >= 4 is 36.4 Å². The number of hydrogen-bond donors (Lipinski definition) is 0. The first-order chi connectivity index (χ1) is 19.3. The summed E-state index contributed by atoms with van der Waals surface area (Å²) in [6, 6.07) is 22.4. The van der Waals surface area contributed by atoms with Gasteiger partial charge in [0.05, 0.1) is 0 Å². The molecule has 0 saturated carbocycles. The quantitative estimate of drug-likeness (QED) is 0.187. The van der Waals surface area contributed by atoms with Crippen LogP contribution in [0.2, 0.25) is 0 Å². The van der Waals surface area contributed by atoms with Crippen molar-refractivity contribution in [2.24, 2.45) is 5.92 Å². The third-order valence-electron chi connectivity index (χ3n) is 8.88. The maximum absolute atomic E-state index is 3.29. The minimum atomic E-state index is 0.139. The fraction of sp³-hybridized carbons (Fsp3) is 0.300. The van der Waals surface area contributed by atoms with Crippen molar-refractivity contribution in [1.29, 1.82) is 0 Å². The van der Waals surface area contributed by atoms with Gasteiger partial charge < -0.3 is 0 Å². The molecule has 3 aliphatic rings. The van der Waals surface area contributed by atoms with Crippen LogP contribution < -0.4 is 0 Å². The van der Waals surface area contributed by atoms with E-state index >= 15 is 0 Å². The Morgan fingerprint density at radius 3 is 1.56 bits per heavy atom. The summed E-state index contributed by atoms with van der Waals surface area (Å²) in [6.45, 7) is 20.2. The fourth-order valence-corrected chi connectivity index (χ4v) is 7.24. The monoisotopic (exact) mass is 612 g/mol. The zero-order valence-electron chi connectivity index (χ0n) is 26.2. The van der Waals surface area contributed by atoms with Crippen LogP contribution in [0.15, 0.2) is 90.0 Å². The first-order valence-corrected chi connectivity index (χ1v) is 16.2. The number of fused-ring (bicyclic) bond motifs is 5. The summed E-state index contributed by atoms with van der Waals surface area (Å²) in [7, 11) is 0. The Hall–Kier alpha value is -2.76. The molecule has 206 valence electrons. The van der Waals surface area contributed by atoms with E-state index in [-0.39, 0.29) is 10.8 Å². The molecule has 0 nitrogen and oxygen atoms in total. The molecule has 41 heavy (non-hydrogen) atoms. The Balaban J connectivity index is 0.000000172. The van der Waals surface area contributed by atoms with Crippen molar-refractivity contribution in [2.75, 3.05) is 0 Å². The third kappa shape index (κ3) is 5.81. The van der Waals surface area contributed by atoms with Crippen LogP contribution in [-0.2, 0) is 35.1 Å². The summed E-state index contributed by atoms with van der Waals surface area (Å²) < 4.78 is 2.17. The van der Waals surface area contributed by atoms with Crippen molar-refractivity contribution in [1.82, 2.24) is 0 Å². The Morgan fingerprint density at radius 2 is 1.22 bits per heavy atom. The van der Waals surface area contributed by atoms with Crippen LogP contribution in [0.4, 0.5) is 0 Å². The molecule has 0 radical (unpaired) electrons. The summed E-state index contributed by atoms with van der Waals surface area (Å²) in [5.74, 6) is 0.551. The van der Waals surface area contributed by atoms with E-state index in [0.717, 1.165) is 0 Å². The zero-order valence-corrected chi connectivity index (χ0v) is 28.6. The molecule has 1 heteroatoms. The van der Waals surface area contributed by atoms with E-state index in [1.807, 2.05) is 6.07 Å². The summed E-state index contributed by atoms with van der Waals surface area (Å²) in [5, 5.41) is 5.57. The molecule has 0 spiro atoms. The Morgan fingerprint density at radius 1 is 0.732 bits per heavy atom.